The molecule has 0 unspecified atom stereocenters. The standard InChI is InChI=1S/C17H25N3O3S/c18-24(22,23)13-14-6-11-20(12-14)16(21)17(7-9-19-10-8-17)15-4-2-1-3-5-15/h1-5,14,19H,6-13H2,(H2,18,22,23)/t14-/m0/s1. The van der Waals surface area contributed by atoms with Crippen molar-refractivity contribution in [3.63, 3.8) is 0 Å². The lowest BCUT2D eigenvalue weighted by Crippen LogP contribution is -2.51. The number of sulfonamides is 1. The summed E-state index contributed by atoms with van der Waals surface area (Å²) in [5.74, 6) is 0.0297. The van der Waals surface area contributed by atoms with Crippen LogP contribution in [-0.2, 0) is 20.2 Å². The predicted octanol–water partition coefficient (Wildman–Crippen LogP) is 0.445. The first-order valence-corrected chi connectivity index (χ1v) is 10.2. The van der Waals surface area contributed by atoms with Gasteiger partial charge in [-0.3, -0.25) is 4.79 Å². The van der Waals surface area contributed by atoms with Gasteiger partial charge >= 0.3 is 0 Å². The smallest absolute Gasteiger partial charge is 0.233 e. The van der Waals surface area contributed by atoms with E-state index in [1.807, 2.05) is 35.2 Å². The number of nitrogens with one attached hydrogen (secondary N) is 1. The fourth-order valence-electron chi connectivity index (χ4n) is 4.02. The maximum absolute atomic E-state index is 13.4. The Hall–Kier alpha value is -1.44. The van der Waals surface area contributed by atoms with E-state index in [2.05, 4.69) is 5.32 Å². The van der Waals surface area contributed by atoms with Gasteiger partial charge < -0.3 is 10.2 Å². The molecule has 1 aromatic rings. The molecule has 3 rings (SSSR count). The first kappa shape index (κ1) is 17.4. The van der Waals surface area contributed by atoms with E-state index in [4.69, 9.17) is 5.14 Å². The highest BCUT2D eigenvalue weighted by Crippen LogP contribution is 2.37. The Balaban J connectivity index is 1.80. The van der Waals surface area contributed by atoms with Crippen molar-refractivity contribution in [3.05, 3.63) is 35.9 Å². The van der Waals surface area contributed by atoms with Crippen LogP contribution in [0.2, 0.25) is 0 Å². The van der Waals surface area contributed by atoms with Crippen LogP contribution in [0, 0.1) is 5.92 Å². The largest absolute Gasteiger partial charge is 0.342 e. The molecule has 1 aromatic carbocycles. The summed E-state index contributed by atoms with van der Waals surface area (Å²) in [4.78, 5) is 15.2. The van der Waals surface area contributed by atoms with Crippen molar-refractivity contribution in [1.29, 1.82) is 0 Å². The van der Waals surface area contributed by atoms with Crippen LogP contribution in [0.25, 0.3) is 0 Å². The fraction of sp³-hybridized carbons (Fsp3) is 0.588. The normalized spacial score (nSPS) is 24.0. The zero-order valence-electron chi connectivity index (χ0n) is 13.8. The molecule has 0 aliphatic carbocycles. The van der Waals surface area contributed by atoms with E-state index >= 15 is 0 Å². The second kappa shape index (κ2) is 6.82. The zero-order valence-corrected chi connectivity index (χ0v) is 14.6. The summed E-state index contributed by atoms with van der Waals surface area (Å²) in [6.45, 7) is 2.72. The third kappa shape index (κ3) is 3.63. The number of hydrogen-bond acceptors (Lipinski definition) is 4. The number of hydrogen-bond donors (Lipinski definition) is 2. The van der Waals surface area contributed by atoms with Crippen molar-refractivity contribution in [1.82, 2.24) is 10.2 Å². The summed E-state index contributed by atoms with van der Waals surface area (Å²) < 4.78 is 22.6. The van der Waals surface area contributed by atoms with Gasteiger partial charge in [-0.15, -0.1) is 0 Å². The Morgan fingerprint density at radius 1 is 1.25 bits per heavy atom. The van der Waals surface area contributed by atoms with Crippen molar-refractivity contribution in [2.24, 2.45) is 11.1 Å². The van der Waals surface area contributed by atoms with Gasteiger partial charge in [-0.05, 0) is 43.8 Å². The van der Waals surface area contributed by atoms with E-state index in [1.54, 1.807) is 0 Å². The maximum atomic E-state index is 13.4. The van der Waals surface area contributed by atoms with Crippen LogP contribution in [0.4, 0.5) is 0 Å². The second-order valence-corrected chi connectivity index (χ2v) is 8.59. The highest BCUT2D eigenvalue weighted by atomic mass is 32.2. The molecule has 2 fully saturated rings. The Bertz CT molecular complexity index is 684. The van der Waals surface area contributed by atoms with Gasteiger partial charge in [-0.25, -0.2) is 13.6 Å². The Morgan fingerprint density at radius 3 is 2.54 bits per heavy atom. The average Bonchev–Trinajstić information content (AvgIpc) is 3.02. The quantitative estimate of drug-likeness (QED) is 0.823. The number of nitrogens with two attached hydrogens (primary N) is 1. The number of primary sulfonamides is 1. The molecule has 7 heteroatoms. The molecule has 3 N–H and O–H groups in total. The molecular weight excluding hydrogens is 326 g/mol. The molecular formula is C17H25N3O3S. The van der Waals surface area contributed by atoms with E-state index < -0.39 is 15.4 Å². The van der Waals surface area contributed by atoms with E-state index in [-0.39, 0.29) is 17.6 Å². The maximum Gasteiger partial charge on any atom is 0.233 e. The predicted molar refractivity (Wildman–Crippen MR) is 92.9 cm³/mol. The minimum absolute atomic E-state index is 0.0450. The van der Waals surface area contributed by atoms with Crippen molar-refractivity contribution < 1.29 is 13.2 Å². The van der Waals surface area contributed by atoms with Gasteiger partial charge in [0.05, 0.1) is 11.2 Å². The molecule has 0 spiro atoms. The molecule has 2 aliphatic rings. The molecule has 6 nitrogen and oxygen atoms in total. The lowest BCUT2D eigenvalue weighted by atomic mass is 9.72. The minimum Gasteiger partial charge on any atom is -0.342 e. The van der Waals surface area contributed by atoms with Crippen LogP contribution < -0.4 is 10.5 Å². The van der Waals surface area contributed by atoms with Crippen LogP contribution in [0.1, 0.15) is 24.8 Å². The van der Waals surface area contributed by atoms with Gasteiger partial charge in [0.2, 0.25) is 15.9 Å². The van der Waals surface area contributed by atoms with E-state index in [0.717, 1.165) is 31.5 Å². The van der Waals surface area contributed by atoms with Gasteiger partial charge in [0, 0.05) is 13.1 Å². The monoisotopic (exact) mass is 351 g/mol. The number of carbonyl (C=O) groups is 1. The summed E-state index contributed by atoms with van der Waals surface area (Å²) in [6, 6.07) is 9.96. The SMILES string of the molecule is NS(=O)(=O)C[C@H]1CCN(C(=O)C2(c3ccccc3)CCNCC2)C1. The summed E-state index contributed by atoms with van der Waals surface area (Å²) in [5, 5.41) is 8.49. The van der Waals surface area contributed by atoms with Gasteiger partial charge in [-0.1, -0.05) is 30.3 Å². The highest BCUT2D eigenvalue weighted by Gasteiger charge is 2.45. The summed E-state index contributed by atoms with van der Waals surface area (Å²) >= 11 is 0. The first-order chi connectivity index (χ1) is 11.4. The van der Waals surface area contributed by atoms with Crippen LogP contribution in [0.15, 0.2) is 30.3 Å². The molecule has 2 heterocycles. The minimum atomic E-state index is -3.50. The van der Waals surface area contributed by atoms with Crippen molar-refractivity contribution in [3.8, 4) is 0 Å². The topological polar surface area (TPSA) is 92.5 Å². The van der Waals surface area contributed by atoms with Gasteiger partial charge in [0.15, 0.2) is 0 Å². The zero-order chi connectivity index (χ0) is 17.2. The number of piperidine rings is 1. The molecule has 0 radical (unpaired) electrons. The fourth-order valence-corrected chi connectivity index (χ4v) is 4.95. The molecule has 2 saturated heterocycles. The molecule has 0 saturated carbocycles. The average molecular weight is 351 g/mol. The van der Waals surface area contributed by atoms with E-state index in [1.165, 1.54) is 0 Å². The van der Waals surface area contributed by atoms with Gasteiger partial charge in [0.1, 0.15) is 0 Å². The molecule has 2 aliphatic heterocycles. The third-order valence-electron chi connectivity index (χ3n) is 5.23. The molecule has 0 bridgehead atoms. The van der Waals surface area contributed by atoms with Crippen LogP contribution in [0.3, 0.4) is 0 Å². The number of benzene rings is 1. The number of amides is 1. The van der Waals surface area contributed by atoms with Crippen molar-refractivity contribution >= 4 is 15.9 Å². The molecule has 0 aromatic heterocycles. The molecule has 24 heavy (non-hydrogen) atoms. The summed E-state index contributed by atoms with van der Waals surface area (Å²) in [5.41, 5.74) is 0.564. The Kier molecular flexibility index (Phi) is 4.94. The van der Waals surface area contributed by atoms with Crippen molar-refractivity contribution in [2.75, 3.05) is 31.9 Å². The second-order valence-electron chi connectivity index (χ2n) is 6.93. The van der Waals surface area contributed by atoms with Crippen LogP contribution in [0.5, 0.6) is 0 Å². The van der Waals surface area contributed by atoms with E-state index in [0.29, 0.717) is 19.5 Å². The Morgan fingerprint density at radius 2 is 1.92 bits per heavy atom. The molecule has 1 atom stereocenters. The summed E-state index contributed by atoms with van der Waals surface area (Å²) in [7, 11) is -3.50. The Labute approximate surface area is 143 Å². The number of rotatable bonds is 4. The van der Waals surface area contributed by atoms with Crippen molar-refractivity contribution in [2.45, 2.75) is 24.7 Å². The number of nitrogens with zero attached hydrogens (tertiary/aromatic N) is 1. The van der Waals surface area contributed by atoms with Gasteiger partial charge in [-0.2, -0.15) is 0 Å². The van der Waals surface area contributed by atoms with E-state index in [9.17, 15) is 13.2 Å². The van der Waals surface area contributed by atoms with Crippen LogP contribution >= 0.6 is 0 Å². The lowest BCUT2D eigenvalue weighted by molar-refractivity contribution is -0.137. The third-order valence-corrected chi connectivity index (χ3v) is 6.17. The first-order valence-electron chi connectivity index (χ1n) is 8.47. The number of carbonyl (C=O) groups excluding carboxylic acids is 1. The number of likely N-dealkylation sites (tertiary alicyclic amines) is 1. The summed E-state index contributed by atoms with van der Waals surface area (Å²) in [6.07, 6.45) is 2.24. The van der Waals surface area contributed by atoms with Gasteiger partial charge in [0.25, 0.3) is 0 Å². The highest BCUT2D eigenvalue weighted by molar-refractivity contribution is 7.89. The molecule has 1 amide bonds. The lowest BCUT2D eigenvalue weighted by Gasteiger charge is -2.39. The molecule has 132 valence electrons. The van der Waals surface area contributed by atoms with Crippen LogP contribution in [-0.4, -0.2) is 51.2 Å².